The van der Waals surface area contributed by atoms with Gasteiger partial charge < -0.3 is 14.4 Å². The number of rotatable bonds is 10. The van der Waals surface area contributed by atoms with Crippen molar-refractivity contribution in [3.8, 4) is 0 Å². The van der Waals surface area contributed by atoms with E-state index in [4.69, 9.17) is 9.47 Å². The Kier molecular flexibility index (Phi) is 9.30. The van der Waals surface area contributed by atoms with Gasteiger partial charge in [0.05, 0.1) is 18.6 Å². The molecule has 0 bridgehead atoms. The van der Waals surface area contributed by atoms with Crippen LogP contribution in [0.1, 0.15) is 31.9 Å². The van der Waals surface area contributed by atoms with Crippen LogP contribution in [-0.2, 0) is 26.3 Å². The summed E-state index contributed by atoms with van der Waals surface area (Å²) in [6.45, 7) is 7.03. The minimum atomic E-state index is -0.693. The third-order valence-corrected chi connectivity index (χ3v) is 5.81. The van der Waals surface area contributed by atoms with Crippen molar-refractivity contribution in [2.75, 3.05) is 26.8 Å². The SMILES string of the molecule is CC(=O)C(C)(COCC(C)CN(C)C(=O)OCc1ccccc1)c1cccc(I)c1. The van der Waals surface area contributed by atoms with Gasteiger partial charge in [0.15, 0.2) is 0 Å². The van der Waals surface area contributed by atoms with E-state index >= 15 is 0 Å². The molecule has 0 saturated heterocycles. The van der Waals surface area contributed by atoms with Crippen LogP contribution in [0.2, 0.25) is 0 Å². The Morgan fingerprint density at radius 2 is 1.83 bits per heavy atom. The second kappa shape index (κ2) is 11.5. The van der Waals surface area contributed by atoms with E-state index in [0.29, 0.717) is 19.8 Å². The molecular formula is C24H30INO4. The lowest BCUT2D eigenvalue weighted by Crippen LogP contribution is -2.37. The maximum Gasteiger partial charge on any atom is 0.409 e. The zero-order chi connectivity index (χ0) is 22.1. The Bertz CT molecular complexity index is 842. The molecule has 2 aromatic carbocycles. The largest absolute Gasteiger partial charge is 0.445 e. The van der Waals surface area contributed by atoms with Gasteiger partial charge in [-0.2, -0.15) is 0 Å². The first-order valence-corrected chi connectivity index (χ1v) is 11.1. The van der Waals surface area contributed by atoms with Gasteiger partial charge >= 0.3 is 6.09 Å². The number of ketones is 1. The van der Waals surface area contributed by atoms with Crippen molar-refractivity contribution >= 4 is 34.5 Å². The third kappa shape index (κ3) is 7.09. The van der Waals surface area contributed by atoms with E-state index in [1.54, 1.807) is 18.9 Å². The fraction of sp³-hybridized carbons (Fsp3) is 0.417. The zero-order valence-electron chi connectivity index (χ0n) is 18.1. The molecule has 0 aliphatic carbocycles. The molecular weight excluding hydrogens is 493 g/mol. The van der Waals surface area contributed by atoms with Gasteiger partial charge in [0.25, 0.3) is 0 Å². The second-order valence-corrected chi connectivity index (χ2v) is 9.19. The van der Waals surface area contributed by atoms with Gasteiger partial charge in [-0.15, -0.1) is 0 Å². The Morgan fingerprint density at radius 1 is 1.13 bits per heavy atom. The molecule has 5 nitrogen and oxygen atoms in total. The highest BCUT2D eigenvalue weighted by atomic mass is 127. The molecule has 0 aromatic heterocycles. The van der Waals surface area contributed by atoms with Crippen molar-refractivity contribution in [1.82, 2.24) is 4.90 Å². The van der Waals surface area contributed by atoms with Crippen LogP contribution in [-0.4, -0.2) is 43.6 Å². The minimum Gasteiger partial charge on any atom is -0.445 e. The van der Waals surface area contributed by atoms with Gasteiger partial charge in [0.2, 0.25) is 0 Å². The molecule has 0 spiro atoms. The minimum absolute atomic E-state index is 0.0683. The highest BCUT2D eigenvalue weighted by Gasteiger charge is 2.32. The van der Waals surface area contributed by atoms with E-state index < -0.39 is 5.41 Å². The Hall–Kier alpha value is -1.93. The molecule has 0 saturated carbocycles. The summed E-state index contributed by atoms with van der Waals surface area (Å²) in [6, 6.07) is 17.5. The maximum atomic E-state index is 12.4. The second-order valence-electron chi connectivity index (χ2n) is 7.94. The molecule has 0 radical (unpaired) electrons. The number of hydrogen-bond donors (Lipinski definition) is 0. The Morgan fingerprint density at radius 3 is 2.47 bits per heavy atom. The topological polar surface area (TPSA) is 55.8 Å². The number of hydrogen-bond acceptors (Lipinski definition) is 4. The van der Waals surface area contributed by atoms with Crippen LogP contribution in [0.4, 0.5) is 4.79 Å². The number of ether oxygens (including phenoxy) is 2. The molecule has 2 rings (SSSR count). The lowest BCUT2D eigenvalue weighted by Gasteiger charge is -2.28. The standard InChI is InChI=1S/C24H30INO4/c1-18(14-26(4)23(28)30-16-20-9-6-5-7-10-20)15-29-17-24(3,19(2)27)21-11-8-12-22(25)13-21/h5-13,18H,14-17H2,1-4H3. The van der Waals surface area contributed by atoms with E-state index in [0.717, 1.165) is 14.7 Å². The van der Waals surface area contributed by atoms with E-state index in [9.17, 15) is 9.59 Å². The monoisotopic (exact) mass is 523 g/mol. The summed E-state index contributed by atoms with van der Waals surface area (Å²) in [5.41, 5.74) is 1.22. The first-order valence-electron chi connectivity index (χ1n) is 9.99. The number of benzene rings is 2. The predicted octanol–water partition coefficient (Wildman–Crippen LogP) is 5.06. The molecule has 162 valence electrons. The van der Waals surface area contributed by atoms with Gasteiger partial charge in [-0.1, -0.05) is 49.4 Å². The summed E-state index contributed by atoms with van der Waals surface area (Å²) in [5, 5.41) is 0. The van der Waals surface area contributed by atoms with Crippen molar-refractivity contribution < 1.29 is 19.1 Å². The average Bonchev–Trinajstić information content (AvgIpc) is 2.72. The molecule has 1 amide bonds. The molecule has 2 unspecified atom stereocenters. The first kappa shape index (κ1) is 24.3. The van der Waals surface area contributed by atoms with Gasteiger partial charge in [0, 0.05) is 17.2 Å². The molecule has 2 aromatic rings. The fourth-order valence-electron chi connectivity index (χ4n) is 3.11. The average molecular weight is 523 g/mol. The maximum absolute atomic E-state index is 12.4. The van der Waals surface area contributed by atoms with Crippen molar-refractivity contribution in [3.63, 3.8) is 0 Å². The number of amides is 1. The highest BCUT2D eigenvalue weighted by Crippen LogP contribution is 2.27. The molecule has 2 atom stereocenters. The lowest BCUT2D eigenvalue weighted by atomic mass is 9.80. The summed E-state index contributed by atoms with van der Waals surface area (Å²) in [5.74, 6) is 0.171. The third-order valence-electron chi connectivity index (χ3n) is 5.13. The number of carbonyl (C=O) groups excluding carboxylic acids is 2. The number of Topliss-reactive ketones (excluding diaryl/α,β-unsaturated/α-hetero) is 1. The number of nitrogens with zero attached hydrogens (tertiary/aromatic N) is 1. The van der Waals surface area contributed by atoms with E-state index in [2.05, 4.69) is 22.6 Å². The van der Waals surface area contributed by atoms with Crippen LogP contribution in [0.5, 0.6) is 0 Å². The van der Waals surface area contributed by atoms with Crippen molar-refractivity contribution in [2.24, 2.45) is 5.92 Å². The molecule has 0 N–H and O–H groups in total. The van der Waals surface area contributed by atoms with Crippen LogP contribution in [0.25, 0.3) is 0 Å². The van der Waals surface area contributed by atoms with E-state index in [1.807, 2.05) is 68.4 Å². The van der Waals surface area contributed by atoms with Crippen molar-refractivity contribution in [3.05, 3.63) is 69.3 Å². The summed E-state index contributed by atoms with van der Waals surface area (Å²) in [6.07, 6.45) is -0.363. The molecule has 30 heavy (non-hydrogen) atoms. The Balaban J connectivity index is 1.81. The molecule has 6 heteroatoms. The predicted molar refractivity (Wildman–Crippen MR) is 126 cm³/mol. The molecule has 0 aliphatic heterocycles. The van der Waals surface area contributed by atoms with E-state index in [1.165, 1.54) is 0 Å². The first-order chi connectivity index (χ1) is 14.2. The molecule has 0 fully saturated rings. The van der Waals surface area contributed by atoms with E-state index in [-0.39, 0.29) is 24.4 Å². The summed E-state index contributed by atoms with van der Waals surface area (Å²) < 4.78 is 12.4. The molecule has 0 heterocycles. The van der Waals surface area contributed by atoms with Crippen molar-refractivity contribution in [1.29, 1.82) is 0 Å². The smallest absolute Gasteiger partial charge is 0.409 e. The number of carbonyl (C=O) groups is 2. The highest BCUT2D eigenvalue weighted by molar-refractivity contribution is 14.1. The molecule has 0 aliphatic rings. The van der Waals surface area contributed by atoms with Crippen LogP contribution in [0, 0.1) is 9.49 Å². The van der Waals surface area contributed by atoms with Crippen molar-refractivity contribution in [2.45, 2.75) is 32.8 Å². The number of halogens is 1. The fourth-order valence-corrected chi connectivity index (χ4v) is 3.65. The zero-order valence-corrected chi connectivity index (χ0v) is 20.2. The van der Waals surface area contributed by atoms with Crippen LogP contribution in [0.15, 0.2) is 54.6 Å². The van der Waals surface area contributed by atoms with Crippen LogP contribution >= 0.6 is 22.6 Å². The summed E-state index contributed by atoms with van der Waals surface area (Å²) in [4.78, 5) is 26.1. The van der Waals surface area contributed by atoms with Crippen LogP contribution < -0.4 is 0 Å². The van der Waals surface area contributed by atoms with Gasteiger partial charge in [-0.25, -0.2) is 4.79 Å². The van der Waals surface area contributed by atoms with Gasteiger partial charge in [0.1, 0.15) is 12.4 Å². The lowest BCUT2D eigenvalue weighted by molar-refractivity contribution is -0.124. The van der Waals surface area contributed by atoms with Crippen LogP contribution in [0.3, 0.4) is 0 Å². The van der Waals surface area contributed by atoms with Gasteiger partial charge in [-0.05, 0) is 65.6 Å². The summed E-state index contributed by atoms with van der Waals surface area (Å²) in [7, 11) is 1.72. The normalized spacial score (nSPS) is 13.9. The Labute approximate surface area is 192 Å². The van der Waals surface area contributed by atoms with Gasteiger partial charge in [-0.3, -0.25) is 4.79 Å². The quantitative estimate of drug-likeness (QED) is 0.409. The summed E-state index contributed by atoms with van der Waals surface area (Å²) >= 11 is 2.25.